The number of carbonyl (C=O) groups is 2. The van der Waals surface area contributed by atoms with Gasteiger partial charge in [0, 0.05) is 18.8 Å². The van der Waals surface area contributed by atoms with Gasteiger partial charge in [0.1, 0.15) is 6.61 Å². The molecule has 4 rings (SSSR count). The number of esters is 1. The Morgan fingerprint density at radius 2 is 1.92 bits per heavy atom. The highest BCUT2D eigenvalue weighted by Gasteiger charge is 2.41. The third kappa shape index (κ3) is 5.46. The number of rotatable bonds is 8. The molecule has 1 aromatic carbocycles. The zero-order valence-corrected chi connectivity index (χ0v) is 22.6. The van der Waals surface area contributed by atoms with Gasteiger partial charge in [-0.1, -0.05) is 81.8 Å². The van der Waals surface area contributed by atoms with Gasteiger partial charge in [-0.05, 0) is 42.2 Å². The Bertz CT molecular complexity index is 1100. The lowest BCUT2D eigenvalue weighted by Crippen LogP contribution is -2.41. The molecule has 1 atom stereocenters. The molecular weight excluding hydrogens is 470 g/mol. The summed E-state index contributed by atoms with van der Waals surface area (Å²) in [6.45, 7) is 9.97. The summed E-state index contributed by atoms with van der Waals surface area (Å²) < 4.78 is 5.48. The average molecular weight is 508 g/mol. The van der Waals surface area contributed by atoms with Crippen LogP contribution in [0.3, 0.4) is 0 Å². The van der Waals surface area contributed by atoms with E-state index in [0.29, 0.717) is 23.2 Å². The first-order valence-electron chi connectivity index (χ1n) is 12.9. The van der Waals surface area contributed by atoms with Crippen molar-refractivity contribution in [1.82, 2.24) is 9.80 Å². The highest BCUT2D eigenvalue weighted by atomic mass is 32.2. The third-order valence-electron chi connectivity index (χ3n) is 7.32. The number of hydrogen-bond donors (Lipinski definition) is 0. The molecule has 2 heterocycles. The van der Waals surface area contributed by atoms with Crippen LogP contribution in [0.4, 0.5) is 0 Å². The van der Waals surface area contributed by atoms with Gasteiger partial charge in [-0.15, -0.1) is 0 Å². The maximum absolute atomic E-state index is 13.4. The molecule has 1 saturated carbocycles. The van der Waals surface area contributed by atoms with Gasteiger partial charge in [0.15, 0.2) is 5.17 Å². The molecule has 0 aromatic heterocycles. The van der Waals surface area contributed by atoms with Crippen molar-refractivity contribution in [2.24, 2.45) is 4.99 Å². The van der Waals surface area contributed by atoms with Crippen LogP contribution in [0.1, 0.15) is 82.4 Å². The van der Waals surface area contributed by atoms with Crippen LogP contribution in [0.15, 0.2) is 64.3 Å². The molecule has 36 heavy (non-hydrogen) atoms. The first-order valence-corrected chi connectivity index (χ1v) is 13.8. The second-order valence-corrected chi connectivity index (χ2v) is 10.9. The Morgan fingerprint density at radius 3 is 2.56 bits per heavy atom. The molecule has 0 radical (unpaired) electrons. The van der Waals surface area contributed by atoms with Crippen molar-refractivity contribution < 1.29 is 14.3 Å². The number of aliphatic imine (C=N–C) groups is 1. The summed E-state index contributed by atoms with van der Waals surface area (Å²) in [4.78, 5) is 35.3. The van der Waals surface area contributed by atoms with Gasteiger partial charge in [0.2, 0.25) is 5.91 Å². The minimum absolute atomic E-state index is 0.103. The zero-order valence-electron chi connectivity index (χ0n) is 21.8. The Morgan fingerprint density at radius 1 is 1.22 bits per heavy atom. The predicted octanol–water partition coefficient (Wildman–Crippen LogP) is 6.30. The summed E-state index contributed by atoms with van der Waals surface area (Å²) in [6.07, 6.45) is 7.58. The van der Waals surface area contributed by atoms with Gasteiger partial charge in [-0.3, -0.25) is 4.79 Å². The van der Waals surface area contributed by atoms with Crippen molar-refractivity contribution >= 4 is 28.8 Å². The van der Waals surface area contributed by atoms with E-state index in [2.05, 4.69) is 49.6 Å². The maximum Gasteiger partial charge on any atom is 0.338 e. The molecule has 0 spiro atoms. The molecule has 3 aliphatic rings. The quantitative estimate of drug-likeness (QED) is 0.305. The van der Waals surface area contributed by atoms with Crippen molar-refractivity contribution in [3.8, 4) is 0 Å². The summed E-state index contributed by atoms with van der Waals surface area (Å²) in [5, 5.41) is 2.79. The lowest BCUT2D eigenvalue weighted by molar-refractivity contribution is -0.138. The monoisotopic (exact) mass is 507 g/mol. The van der Waals surface area contributed by atoms with E-state index in [1.807, 2.05) is 24.3 Å². The smallest absolute Gasteiger partial charge is 0.338 e. The fourth-order valence-corrected chi connectivity index (χ4v) is 6.14. The van der Waals surface area contributed by atoms with E-state index in [1.54, 1.807) is 6.08 Å². The molecule has 6 nitrogen and oxygen atoms in total. The number of amides is 1. The van der Waals surface area contributed by atoms with Crippen LogP contribution in [0.25, 0.3) is 0 Å². The summed E-state index contributed by atoms with van der Waals surface area (Å²) in [7, 11) is 1.93. The summed E-state index contributed by atoms with van der Waals surface area (Å²) in [5.41, 5.74) is 4.21. The number of carbonyl (C=O) groups excluding carboxylic acids is 2. The van der Waals surface area contributed by atoms with Crippen molar-refractivity contribution in [3.63, 3.8) is 0 Å². The van der Waals surface area contributed by atoms with Crippen molar-refractivity contribution in [2.75, 3.05) is 13.7 Å². The molecular formula is C29H37N3O3S. The van der Waals surface area contributed by atoms with Crippen molar-refractivity contribution in [3.05, 3.63) is 70.4 Å². The molecule has 192 valence electrons. The fraction of sp³-hybridized carbons (Fsp3) is 0.483. The molecule has 1 aliphatic carbocycles. The van der Waals surface area contributed by atoms with Gasteiger partial charge < -0.3 is 14.5 Å². The lowest BCUT2D eigenvalue weighted by Gasteiger charge is -2.37. The largest absolute Gasteiger partial charge is 0.458 e. The van der Waals surface area contributed by atoms with Crippen LogP contribution in [0.5, 0.6) is 0 Å². The number of hydrogen-bond acceptors (Lipinski definition) is 6. The van der Waals surface area contributed by atoms with E-state index in [4.69, 9.17) is 9.73 Å². The van der Waals surface area contributed by atoms with Gasteiger partial charge >= 0.3 is 5.97 Å². The molecule has 1 fully saturated rings. The normalized spacial score (nSPS) is 20.1. The summed E-state index contributed by atoms with van der Waals surface area (Å²) in [6, 6.07) is 8.28. The highest BCUT2D eigenvalue weighted by Crippen LogP contribution is 2.45. The highest BCUT2D eigenvalue weighted by molar-refractivity contribution is 8.16. The molecule has 0 N–H and O–H groups in total. The Labute approximate surface area is 219 Å². The Kier molecular flexibility index (Phi) is 8.39. The lowest BCUT2D eigenvalue weighted by atomic mass is 9.91. The van der Waals surface area contributed by atoms with Crippen LogP contribution in [-0.4, -0.2) is 46.5 Å². The minimum Gasteiger partial charge on any atom is -0.458 e. The predicted molar refractivity (Wildman–Crippen MR) is 146 cm³/mol. The summed E-state index contributed by atoms with van der Waals surface area (Å²) >= 11 is 1.51. The second kappa shape index (κ2) is 11.5. The molecule has 1 aromatic rings. The van der Waals surface area contributed by atoms with Gasteiger partial charge in [-0.2, -0.15) is 0 Å². The van der Waals surface area contributed by atoms with Crippen molar-refractivity contribution in [2.45, 2.75) is 77.3 Å². The Hall–Kier alpha value is -2.80. The van der Waals surface area contributed by atoms with E-state index >= 15 is 0 Å². The van der Waals surface area contributed by atoms with Gasteiger partial charge in [-0.25, -0.2) is 9.79 Å². The number of amidine groups is 1. The Balaban J connectivity index is 1.66. The molecule has 0 saturated heterocycles. The SMILES string of the molecule is C=CCOC(=O)C1=C(C)N=C2SC=C(CC(=O)N(C)C3CCCCC3)N2[C@H]1c1ccc(C(C)C)cc1. The maximum atomic E-state index is 13.4. The number of ether oxygens (including phenoxy) is 1. The van der Waals surface area contributed by atoms with E-state index < -0.39 is 12.0 Å². The van der Waals surface area contributed by atoms with E-state index in [1.165, 1.54) is 36.6 Å². The van der Waals surface area contributed by atoms with Crippen LogP contribution in [-0.2, 0) is 14.3 Å². The number of allylic oxidation sites excluding steroid dienone is 1. The number of nitrogens with zero attached hydrogens (tertiary/aromatic N) is 3. The third-order valence-corrected chi connectivity index (χ3v) is 8.21. The zero-order chi connectivity index (χ0) is 25.8. The fourth-order valence-electron chi connectivity index (χ4n) is 5.17. The number of fused-ring (bicyclic) bond motifs is 1. The van der Waals surface area contributed by atoms with Crippen LogP contribution in [0.2, 0.25) is 0 Å². The van der Waals surface area contributed by atoms with E-state index in [-0.39, 0.29) is 18.9 Å². The molecule has 0 bridgehead atoms. The van der Waals surface area contributed by atoms with Crippen LogP contribution < -0.4 is 0 Å². The molecule has 1 amide bonds. The first kappa shape index (κ1) is 26.3. The molecule has 2 aliphatic heterocycles. The minimum atomic E-state index is -0.412. The molecule has 7 heteroatoms. The standard InChI is InChI=1S/C29H37N3O3S/c1-6-16-35-28(34)26-20(4)30-29-32(27(26)22-14-12-21(13-15-22)19(2)3)24(18-36-29)17-25(33)31(5)23-10-8-7-9-11-23/h6,12-15,18-19,23,27H,1,7-11,16-17H2,2-5H3/t27-/m0/s1. The van der Waals surface area contributed by atoms with E-state index in [0.717, 1.165) is 29.3 Å². The first-order chi connectivity index (χ1) is 17.3. The number of thioether (sulfide) groups is 1. The summed E-state index contributed by atoms with van der Waals surface area (Å²) in [5.74, 6) is 0.101. The van der Waals surface area contributed by atoms with Gasteiger partial charge in [0.25, 0.3) is 0 Å². The van der Waals surface area contributed by atoms with Crippen molar-refractivity contribution in [1.29, 1.82) is 0 Å². The van der Waals surface area contributed by atoms with E-state index in [9.17, 15) is 9.59 Å². The van der Waals surface area contributed by atoms with Crippen LogP contribution in [0, 0.1) is 0 Å². The number of benzene rings is 1. The van der Waals surface area contributed by atoms with Gasteiger partial charge in [0.05, 0.1) is 23.7 Å². The second-order valence-electron chi connectivity index (χ2n) is 10.1. The molecule has 0 unspecified atom stereocenters. The average Bonchev–Trinajstić information content (AvgIpc) is 3.28. The topological polar surface area (TPSA) is 62.2 Å². The van der Waals surface area contributed by atoms with Crippen LogP contribution >= 0.6 is 11.8 Å².